The summed E-state index contributed by atoms with van der Waals surface area (Å²) in [4.78, 5) is 27.2. The minimum atomic E-state index is -0.332. The van der Waals surface area contributed by atoms with Crippen molar-refractivity contribution in [3.05, 3.63) is 0 Å². The average molecular weight is 600 g/mol. The predicted molar refractivity (Wildman–Crippen MR) is 174 cm³/mol. The van der Waals surface area contributed by atoms with Gasteiger partial charge in [-0.15, -0.1) is 0 Å². The molecule has 0 bridgehead atoms. The summed E-state index contributed by atoms with van der Waals surface area (Å²) in [6.45, 7) is 8.71. The molecule has 0 spiro atoms. The van der Waals surface area contributed by atoms with Gasteiger partial charge in [-0.1, -0.05) is 129 Å². The molecule has 0 saturated heterocycles. The number of methoxy groups -OCH3 is 1. The lowest BCUT2D eigenvalue weighted by Gasteiger charge is -2.23. The van der Waals surface area contributed by atoms with E-state index in [9.17, 15) is 9.59 Å². The SMILES string of the molecule is CCCCCCCCCCCCN(CCCCCCCCCCCC)C(=O)CCC(=O)OCCOCCOCCOC. The minimum absolute atomic E-state index is 0.0863. The molecule has 7 heteroatoms. The first-order valence-corrected chi connectivity index (χ1v) is 17.7. The number of rotatable bonds is 34. The molecule has 0 aromatic carbocycles. The van der Waals surface area contributed by atoms with Crippen molar-refractivity contribution in [2.75, 3.05) is 59.8 Å². The highest BCUT2D eigenvalue weighted by molar-refractivity contribution is 5.81. The molecular weight excluding hydrogens is 530 g/mol. The van der Waals surface area contributed by atoms with Crippen molar-refractivity contribution in [3.63, 3.8) is 0 Å². The van der Waals surface area contributed by atoms with Crippen LogP contribution in [0, 0.1) is 0 Å². The second kappa shape index (κ2) is 34.3. The van der Waals surface area contributed by atoms with E-state index in [-0.39, 0.29) is 31.3 Å². The number of amides is 1. The monoisotopic (exact) mass is 600 g/mol. The summed E-state index contributed by atoms with van der Waals surface area (Å²) in [6, 6.07) is 0. The van der Waals surface area contributed by atoms with E-state index in [1.54, 1.807) is 7.11 Å². The summed E-state index contributed by atoms with van der Waals surface area (Å²) in [6.07, 6.45) is 26.1. The van der Waals surface area contributed by atoms with Gasteiger partial charge in [0.2, 0.25) is 5.91 Å². The Hall–Kier alpha value is -1.18. The fraction of sp³-hybridized carbons (Fsp3) is 0.943. The molecule has 0 fully saturated rings. The lowest BCUT2D eigenvalue weighted by molar-refractivity contribution is -0.147. The van der Waals surface area contributed by atoms with E-state index in [1.807, 2.05) is 4.90 Å². The number of hydrogen-bond donors (Lipinski definition) is 0. The molecule has 0 aliphatic carbocycles. The van der Waals surface area contributed by atoms with E-state index in [0.717, 1.165) is 25.9 Å². The first kappa shape index (κ1) is 40.8. The van der Waals surface area contributed by atoms with Gasteiger partial charge in [0.25, 0.3) is 0 Å². The van der Waals surface area contributed by atoms with Crippen molar-refractivity contribution in [2.24, 2.45) is 0 Å². The van der Waals surface area contributed by atoms with Gasteiger partial charge in [0, 0.05) is 26.6 Å². The second-order valence-electron chi connectivity index (χ2n) is 11.7. The molecule has 0 aliphatic rings. The van der Waals surface area contributed by atoms with E-state index >= 15 is 0 Å². The molecule has 0 heterocycles. The molecule has 0 radical (unpaired) electrons. The van der Waals surface area contributed by atoms with Gasteiger partial charge in [0.1, 0.15) is 6.61 Å². The fourth-order valence-corrected chi connectivity index (χ4v) is 5.06. The Labute approximate surface area is 260 Å². The number of hydrogen-bond acceptors (Lipinski definition) is 6. The van der Waals surface area contributed by atoms with Gasteiger partial charge in [-0.3, -0.25) is 9.59 Å². The van der Waals surface area contributed by atoms with Crippen LogP contribution in [-0.2, 0) is 28.5 Å². The number of carbonyl (C=O) groups excluding carboxylic acids is 2. The molecule has 42 heavy (non-hydrogen) atoms. The lowest BCUT2D eigenvalue weighted by atomic mass is 10.1. The summed E-state index contributed by atoms with van der Waals surface area (Å²) < 4.78 is 20.9. The third kappa shape index (κ3) is 30.3. The van der Waals surface area contributed by atoms with Crippen LogP contribution in [-0.4, -0.2) is 76.6 Å². The zero-order valence-corrected chi connectivity index (χ0v) is 28.1. The second-order valence-corrected chi connectivity index (χ2v) is 11.7. The number of nitrogens with zero attached hydrogens (tertiary/aromatic N) is 1. The first-order valence-electron chi connectivity index (χ1n) is 17.7. The standard InChI is InChI=1S/C35H69NO6/c1-4-6-8-10-12-14-16-18-20-22-26-36(27-23-21-19-17-15-13-11-9-7-5-2)34(37)24-25-35(38)42-33-32-41-31-30-40-29-28-39-3/h4-33H2,1-3H3. The highest BCUT2D eigenvalue weighted by Gasteiger charge is 2.15. The molecule has 0 aromatic rings. The molecule has 250 valence electrons. The Kier molecular flexibility index (Phi) is 33.3. The molecule has 1 amide bonds. The van der Waals surface area contributed by atoms with Crippen LogP contribution in [0.2, 0.25) is 0 Å². The number of esters is 1. The van der Waals surface area contributed by atoms with Crippen molar-refractivity contribution >= 4 is 11.9 Å². The summed E-state index contributed by atoms with van der Waals surface area (Å²) in [7, 11) is 1.64. The topological polar surface area (TPSA) is 74.3 Å². The number of carbonyl (C=O) groups is 2. The van der Waals surface area contributed by atoms with Crippen molar-refractivity contribution in [1.82, 2.24) is 4.90 Å². The van der Waals surface area contributed by atoms with Gasteiger partial charge in [-0.2, -0.15) is 0 Å². The Morgan fingerprint density at radius 2 is 0.857 bits per heavy atom. The van der Waals surface area contributed by atoms with Crippen molar-refractivity contribution in [2.45, 2.75) is 155 Å². The summed E-state index contributed by atoms with van der Waals surface area (Å²) in [5.41, 5.74) is 0. The van der Waals surface area contributed by atoms with Crippen LogP contribution in [0.4, 0.5) is 0 Å². The molecule has 0 saturated carbocycles. The molecule has 0 unspecified atom stereocenters. The van der Waals surface area contributed by atoms with Crippen LogP contribution in [0.5, 0.6) is 0 Å². The third-order valence-electron chi connectivity index (χ3n) is 7.75. The van der Waals surface area contributed by atoms with E-state index in [0.29, 0.717) is 33.0 Å². The first-order chi connectivity index (χ1) is 20.7. The van der Waals surface area contributed by atoms with Gasteiger partial charge in [-0.05, 0) is 12.8 Å². The summed E-state index contributed by atoms with van der Waals surface area (Å²) >= 11 is 0. The Bertz CT molecular complexity index is 550. The normalized spacial score (nSPS) is 11.2. The molecule has 0 rings (SSSR count). The Balaban J connectivity index is 4.19. The molecule has 0 aliphatic heterocycles. The van der Waals surface area contributed by atoms with Gasteiger partial charge < -0.3 is 23.8 Å². The third-order valence-corrected chi connectivity index (χ3v) is 7.75. The van der Waals surface area contributed by atoms with Crippen LogP contribution in [0.1, 0.15) is 155 Å². The zero-order chi connectivity index (χ0) is 30.8. The Morgan fingerprint density at radius 3 is 1.29 bits per heavy atom. The van der Waals surface area contributed by atoms with E-state index < -0.39 is 0 Å². The van der Waals surface area contributed by atoms with Crippen molar-refractivity contribution in [3.8, 4) is 0 Å². The smallest absolute Gasteiger partial charge is 0.306 e. The van der Waals surface area contributed by atoms with Gasteiger partial charge in [0.05, 0.1) is 39.5 Å². The lowest BCUT2D eigenvalue weighted by Crippen LogP contribution is -2.33. The zero-order valence-electron chi connectivity index (χ0n) is 28.1. The van der Waals surface area contributed by atoms with E-state index in [1.165, 1.54) is 116 Å². The van der Waals surface area contributed by atoms with E-state index in [4.69, 9.17) is 18.9 Å². The number of unbranched alkanes of at least 4 members (excludes halogenated alkanes) is 18. The van der Waals surface area contributed by atoms with Crippen molar-refractivity contribution < 1.29 is 28.5 Å². The molecular formula is C35H69NO6. The van der Waals surface area contributed by atoms with Crippen LogP contribution in [0.3, 0.4) is 0 Å². The number of ether oxygens (including phenoxy) is 4. The fourth-order valence-electron chi connectivity index (χ4n) is 5.06. The van der Waals surface area contributed by atoms with Crippen LogP contribution in [0.15, 0.2) is 0 Å². The Morgan fingerprint density at radius 1 is 0.476 bits per heavy atom. The maximum Gasteiger partial charge on any atom is 0.306 e. The van der Waals surface area contributed by atoms with Crippen LogP contribution >= 0.6 is 0 Å². The van der Waals surface area contributed by atoms with Gasteiger partial charge >= 0.3 is 5.97 Å². The molecule has 0 atom stereocenters. The minimum Gasteiger partial charge on any atom is -0.463 e. The van der Waals surface area contributed by atoms with Crippen LogP contribution < -0.4 is 0 Å². The maximum atomic E-state index is 13.0. The van der Waals surface area contributed by atoms with Gasteiger partial charge in [-0.25, -0.2) is 0 Å². The average Bonchev–Trinajstić information content (AvgIpc) is 2.99. The highest BCUT2D eigenvalue weighted by atomic mass is 16.6. The van der Waals surface area contributed by atoms with E-state index in [2.05, 4.69) is 13.8 Å². The van der Waals surface area contributed by atoms with Crippen LogP contribution in [0.25, 0.3) is 0 Å². The summed E-state index contributed by atoms with van der Waals surface area (Å²) in [5.74, 6) is -0.246. The predicted octanol–water partition coefficient (Wildman–Crippen LogP) is 8.66. The van der Waals surface area contributed by atoms with Crippen molar-refractivity contribution in [1.29, 1.82) is 0 Å². The highest BCUT2D eigenvalue weighted by Crippen LogP contribution is 2.14. The molecule has 0 aromatic heterocycles. The van der Waals surface area contributed by atoms with Gasteiger partial charge in [0.15, 0.2) is 0 Å². The quantitative estimate of drug-likeness (QED) is 0.0544. The summed E-state index contributed by atoms with van der Waals surface area (Å²) in [5, 5.41) is 0. The maximum absolute atomic E-state index is 13.0. The molecule has 7 nitrogen and oxygen atoms in total. The molecule has 0 N–H and O–H groups in total. The largest absolute Gasteiger partial charge is 0.463 e.